The number of halogens is 2. The third-order valence-corrected chi connectivity index (χ3v) is 7.51. The van der Waals surface area contributed by atoms with Gasteiger partial charge in [0.2, 0.25) is 5.95 Å². The molecule has 0 radical (unpaired) electrons. The summed E-state index contributed by atoms with van der Waals surface area (Å²) in [5.74, 6) is 0.449. The second-order valence-corrected chi connectivity index (χ2v) is 11.3. The van der Waals surface area contributed by atoms with E-state index in [1.54, 1.807) is 25.2 Å². The maximum Gasteiger partial charge on any atom is 0.330 e. The normalized spacial score (nSPS) is 11.6. The molecular formula is C22H24BrClN6O4S. The number of rotatable bonds is 6. The smallest absolute Gasteiger partial charge is 0.330 e. The van der Waals surface area contributed by atoms with Crippen LogP contribution in [0.2, 0.25) is 5.02 Å². The van der Waals surface area contributed by atoms with Gasteiger partial charge < -0.3 is 9.64 Å². The van der Waals surface area contributed by atoms with Gasteiger partial charge in [0.05, 0.1) is 17.8 Å². The minimum atomic E-state index is -4.01. The van der Waals surface area contributed by atoms with Crippen LogP contribution < -0.4 is 14.4 Å². The molecule has 0 saturated heterocycles. The predicted molar refractivity (Wildman–Crippen MR) is 138 cm³/mol. The van der Waals surface area contributed by atoms with Crippen LogP contribution in [0.15, 0.2) is 58.3 Å². The molecule has 13 heteroatoms. The number of nitrogens with one attached hydrogen (secondary N) is 1. The van der Waals surface area contributed by atoms with Crippen molar-refractivity contribution in [1.82, 2.24) is 19.9 Å². The second kappa shape index (κ2) is 10.3. The molecule has 0 bridgehead atoms. The van der Waals surface area contributed by atoms with Crippen molar-refractivity contribution in [2.75, 3.05) is 23.8 Å². The van der Waals surface area contributed by atoms with E-state index in [4.69, 9.17) is 16.3 Å². The van der Waals surface area contributed by atoms with Gasteiger partial charge in [0, 0.05) is 35.6 Å². The minimum Gasteiger partial charge on any atom is -0.495 e. The summed E-state index contributed by atoms with van der Waals surface area (Å²) >= 11 is 9.69. The topological polar surface area (TPSA) is 118 Å². The lowest BCUT2D eigenvalue weighted by atomic mass is 10.1. The van der Waals surface area contributed by atoms with Crippen molar-refractivity contribution in [3.8, 4) is 5.75 Å². The first kappa shape index (κ1) is 26.6. The van der Waals surface area contributed by atoms with Gasteiger partial charge in [0.25, 0.3) is 10.0 Å². The number of sulfonamides is 1. The van der Waals surface area contributed by atoms with E-state index < -0.39 is 21.6 Å². The van der Waals surface area contributed by atoms with E-state index in [2.05, 4.69) is 35.6 Å². The van der Waals surface area contributed by atoms with Crippen LogP contribution in [0.1, 0.15) is 20.8 Å². The molecule has 0 atom stereocenters. The van der Waals surface area contributed by atoms with Crippen LogP contribution in [0.5, 0.6) is 5.75 Å². The van der Waals surface area contributed by atoms with Crippen LogP contribution in [0, 0.1) is 0 Å². The highest BCUT2D eigenvalue weighted by Crippen LogP contribution is 2.40. The Hall–Kier alpha value is -2.96. The molecule has 3 aromatic rings. The van der Waals surface area contributed by atoms with Crippen molar-refractivity contribution in [3.63, 3.8) is 0 Å². The lowest BCUT2D eigenvalue weighted by Crippen LogP contribution is -2.48. The zero-order valence-electron chi connectivity index (χ0n) is 19.7. The summed E-state index contributed by atoms with van der Waals surface area (Å²) < 4.78 is 33.9. The van der Waals surface area contributed by atoms with Gasteiger partial charge in [-0.25, -0.2) is 37.8 Å². The zero-order valence-corrected chi connectivity index (χ0v) is 22.8. The summed E-state index contributed by atoms with van der Waals surface area (Å²) in [4.78, 5) is 28.4. The van der Waals surface area contributed by atoms with Gasteiger partial charge in [-0.1, -0.05) is 11.6 Å². The summed E-state index contributed by atoms with van der Waals surface area (Å²) in [6.45, 7) is 5.65. The number of urea groups is 1. The Morgan fingerprint density at radius 1 is 1.14 bits per heavy atom. The third-order valence-electron chi connectivity index (χ3n) is 5.00. The highest BCUT2D eigenvalue weighted by molar-refractivity contribution is 9.10. The number of nitrogens with zero attached hydrogens (tertiary/aromatic N) is 5. The highest BCUT2D eigenvalue weighted by atomic mass is 79.9. The fourth-order valence-electron chi connectivity index (χ4n) is 2.81. The quantitative estimate of drug-likeness (QED) is 0.430. The van der Waals surface area contributed by atoms with Gasteiger partial charge in [-0.3, -0.25) is 0 Å². The number of anilines is 3. The van der Waals surface area contributed by atoms with E-state index in [0.717, 1.165) is 6.20 Å². The summed E-state index contributed by atoms with van der Waals surface area (Å²) in [6, 6.07) is 7.10. The molecule has 3 rings (SSSR count). The van der Waals surface area contributed by atoms with Gasteiger partial charge >= 0.3 is 6.03 Å². The van der Waals surface area contributed by atoms with E-state index in [-0.39, 0.29) is 16.7 Å². The molecule has 0 fully saturated rings. The number of hydrogen-bond acceptors (Lipinski definition) is 7. The standard InChI is InChI=1S/C22H24BrClN6O4S/c1-22(2,3)29(4)21(31)30(17-12-16(24)15(23)11-18(17)34-5)19-8-7-14(13-27-19)35(32,33)28-20-25-9-6-10-26-20/h6-13H,1-5H3,(H,25,26,28). The summed E-state index contributed by atoms with van der Waals surface area (Å²) in [5.41, 5.74) is -0.189. The predicted octanol–water partition coefficient (Wildman–Crippen LogP) is 5.09. The second-order valence-electron chi connectivity index (χ2n) is 8.32. The van der Waals surface area contributed by atoms with Gasteiger partial charge in [0.15, 0.2) is 0 Å². The summed E-state index contributed by atoms with van der Waals surface area (Å²) in [5, 5.41) is 0.350. The van der Waals surface area contributed by atoms with Crippen molar-refractivity contribution in [1.29, 1.82) is 0 Å². The number of pyridine rings is 1. The molecule has 0 saturated carbocycles. The van der Waals surface area contributed by atoms with Gasteiger partial charge in [-0.05, 0) is 67.0 Å². The van der Waals surface area contributed by atoms with Crippen LogP contribution in [0.3, 0.4) is 0 Å². The van der Waals surface area contributed by atoms with Crippen LogP contribution in [-0.2, 0) is 10.0 Å². The molecule has 2 heterocycles. The van der Waals surface area contributed by atoms with E-state index in [0.29, 0.717) is 20.9 Å². The Kier molecular flexibility index (Phi) is 7.87. The maximum atomic E-state index is 13.6. The molecule has 0 aliphatic carbocycles. The molecule has 1 aromatic carbocycles. The van der Waals surface area contributed by atoms with Crippen LogP contribution in [0.4, 0.5) is 22.2 Å². The SMILES string of the molecule is COc1cc(Br)c(Cl)cc1N(C(=O)N(C)C(C)(C)C)c1ccc(S(=O)(=O)Nc2ncccn2)cn1. The first-order valence-corrected chi connectivity index (χ1v) is 12.9. The minimum absolute atomic E-state index is 0.0746. The number of carbonyl (C=O) groups is 1. The van der Waals surface area contributed by atoms with Gasteiger partial charge in [-0.15, -0.1) is 0 Å². The lowest BCUT2D eigenvalue weighted by Gasteiger charge is -2.36. The van der Waals surface area contributed by atoms with Crippen LogP contribution in [0.25, 0.3) is 0 Å². The number of ether oxygens (including phenoxy) is 1. The maximum absolute atomic E-state index is 13.6. The number of methoxy groups -OCH3 is 1. The van der Waals surface area contributed by atoms with Gasteiger partial charge in [-0.2, -0.15) is 0 Å². The average molecular weight is 584 g/mol. The average Bonchev–Trinajstić information content (AvgIpc) is 2.80. The number of aromatic nitrogens is 3. The number of amides is 2. The first-order chi connectivity index (χ1) is 16.3. The van der Waals surface area contributed by atoms with E-state index >= 15 is 0 Å². The molecule has 2 aromatic heterocycles. The Morgan fingerprint density at radius 2 is 1.80 bits per heavy atom. The molecular weight excluding hydrogens is 560 g/mol. The van der Waals surface area contributed by atoms with Crippen LogP contribution >= 0.6 is 27.5 Å². The molecule has 186 valence electrons. The Morgan fingerprint density at radius 3 is 2.34 bits per heavy atom. The molecule has 2 amide bonds. The first-order valence-electron chi connectivity index (χ1n) is 10.2. The molecule has 1 N–H and O–H groups in total. The van der Waals surface area contributed by atoms with Crippen molar-refractivity contribution in [3.05, 3.63) is 58.4 Å². The zero-order chi connectivity index (χ0) is 26.0. The summed E-state index contributed by atoms with van der Waals surface area (Å²) in [6.07, 6.45) is 3.97. The van der Waals surface area contributed by atoms with Crippen molar-refractivity contribution < 1.29 is 17.9 Å². The molecule has 0 aliphatic rings. The van der Waals surface area contributed by atoms with E-state index in [1.807, 2.05) is 20.8 Å². The number of hydrogen-bond donors (Lipinski definition) is 1. The van der Waals surface area contributed by atoms with Crippen molar-refractivity contribution in [2.45, 2.75) is 31.2 Å². The Labute approximate surface area is 217 Å². The fourth-order valence-corrected chi connectivity index (χ4v) is 4.19. The monoisotopic (exact) mass is 582 g/mol. The Bertz CT molecular complexity index is 1320. The molecule has 10 nitrogen and oxygen atoms in total. The largest absolute Gasteiger partial charge is 0.495 e. The van der Waals surface area contributed by atoms with Crippen molar-refractivity contribution >= 4 is 61.0 Å². The third kappa shape index (κ3) is 6.00. The van der Waals surface area contributed by atoms with Crippen molar-refractivity contribution in [2.24, 2.45) is 0 Å². The lowest BCUT2D eigenvalue weighted by molar-refractivity contribution is 0.174. The fraction of sp³-hybridized carbons (Fsp3) is 0.273. The molecule has 35 heavy (non-hydrogen) atoms. The Balaban J connectivity index is 2.08. The van der Waals surface area contributed by atoms with E-state index in [1.165, 1.54) is 41.4 Å². The molecule has 0 spiro atoms. The molecule has 0 aliphatic heterocycles. The number of carbonyl (C=O) groups excluding carboxylic acids is 1. The summed E-state index contributed by atoms with van der Waals surface area (Å²) in [7, 11) is -0.883. The highest BCUT2D eigenvalue weighted by Gasteiger charge is 2.32. The molecule has 0 unspecified atom stereocenters. The van der Waals surface area contributed by atoms with Crippen LogP contribution in [-0.4, -0.2) is 54.0 Å². The number of benzene rings is 1. The van der Waals surface area contributed by atoms with Gasteiger partial charge in [0.1, 0.15) is 16.5 Å². The van der Waals surface area contributed by atoms with E-state index in [9.17, 15) is 13.2 Å².